The Labute approximate surface area is 156 Å². The average Bonchev–Trinajstić information content (AvgIpc) is 3.33. The number of carbonyl (C=O) groups is 2. The van der Waals surface area contributed by atoms with Crippen molar-refractivity contribution in [1.29, 1.82) is 0 Å². The van der Waals surface area contributed by atoms with E-state index in [9.17, 15) is 9.59 Å². The molecule has 0 saturated carbocycles. The highest BCUT2D eigenvalue weighted by Crippen LogP contribution is 2.20. The summed E-state index contributed by atoms with van der Waals surface area (Å²) < 4.78 is 10.3. The Balaban J connectivity index is 1.73. The second-order valence-electron chi connectivity index (χ2n) is 6.34. The van der Waals surface area contributed by atoms with Crippen molar-refractivity contribution in [3.63, 3.8) is 0 Å². The summed E-state index contributed by atoms with van der Waals surface area (Å²) in [6.07, 6.45) is 1.42. The molecule has 3 aromatic rings. The molecular weight excluding hydrogens is 348 g/mol. The van der Waals surface area contributed by atoms with Crippen LogP contribution in [0.3, 0.4) is 0 Å². The number of nitrogens with zero attached hydrogens (tertiary/aromatic N) is 2. The first-order valence-electron chi connectivity index (χ1n) is 8.53. The van der Waals surface area contributed by atoms with Gasteiger partial charge in [-0.3, -0.25) is 9.59 Å². The number of aromatic nitrogens is 2. The summed E-state index contributed by atoms with van der Waals surface area (Å²) in [5.74, 6) is 0.241. The second-order valence-corrected chi connectivity index (χ2v) is 6.34. The molecule has 0 spiro atoms. The molecule has 27 heavy (non-hydrogen) atoms. The quantitative estimate of drug-likeness (QED) is 0.692. The van der Waals surface area contributed by atoms with Gasteiger partial charge in [0, 0.05) is 17.2 Å². The zero-order valence-electron chi connectivity index (χ0n) is 15.2. The highest BCUT2D eigenvalue weighted by molar-refractivity contribution is 5.95. The van der Waals surface area contributed by atoms with Crippen molar-refractivity contribution < 1.29 is 18.5 Å². The van der Waals surface area contributed by atoms with Gasteiger partial charge in [-0.1, -0.05) is 17.3 Å². The molecule has 0 aliphatic rings. The Morgan fingerprint density at radius 2 is 1.85 bits per heavy atom. The smallest absolute Gasteiger partial charge is 0.287 e. The predicted octanol–water partition coefficient (Wildman–Crippen LogP) is 2.96. The topological polar surface area (TPSA) is 110 Å². The first-order valence-corrected chi connectivity index (χ1v) is 8.53. The van der Waals surface area contributed by atoms with Gasteiger partial charge in [0.05, 0.1) is 6.26 Å². The average molecular weight is 368 g/mol. The van der Waals surface area contributed by atoms with Crippen LogP contribution in [0.4, 0.5) is 0 Å². The first-order chi connectivity index (χ1) is 12.9. The zero-order chi connectivity index (χ0) is 19.4. The standard InChI is InChI=1S/C19H20N4O4/c1-11(2)20-17(24)14-7-4-6-13(10-14)16-22-19(27-23-16)12(3)21-18(25)15-8-5-9-26-15/h4-12H,1-3H3,(H,20,24)(H,21,25). The largest absolute Gasteiger partial charge is 0.459 e. The molecule has 0 bridgehead atoms. The van der Waals surface area contributed by atoms with E-state index in [1.165, 1.54) is 6.26 Å². The second kappa shape index (κ2) is 7.86. The number of benzene rings is 1. The minimum atomic E-state index is -0.503. The summed E-state index contributed by atoms with van der Waals surface area (Å²) in [5, 5.41) is 9.50. The molecule has 1 unspecified atom stereocenters. The van der Waals surface area contributed by atoms with Gasteiger partial charge in [-0.2, -0.15) is 4.98 Å². The molecule has 1 aromatic carbocycles. The van der Waals surface area contributed by atoms with E-state index in [0.29, 0.717) is 17.0 Å². The highest BCUT2D eigenvalue weighted by atomic mass is 16.5. The fourth-order valence-electron chi connectivity index (χ4n) is 2.41. The van der Waals surface area contributed by atoms with Crippen molar-refractivity contribution in [2.75, 3.05) is 0 Å². The van der Waals surface area contributed by atoms with E-state index in [1.807, 2.05) is 13.8 Å². The molecule has 0 aliphatic carbocycles. The van der Waals surface area contributed by atoms with Crippen LogP contribution < -0.4 is 10.6 Å². The SMILES string of the molecule is CC(C)NC(=O)c1cccc(-c2noc(C(C)NC(=O)c3ccco3)n2)c1. The molecule has 0 fully saturated rings. The number of furan rings is 1. The van der Waals surface area contributed by atoms with E-state index < -0.39 is 6.04 Å². The number of hydrogen-bond donors (Lipinski definition) is 2. The van der Waals surface area contributed by atoms with Crippen LogP contribution in [0.5, 0.6) is 0 Å². The van der Waals surface area contributed by atoms with Gasteiger partial charge in [0.1, 0.15) is 6.04 Å². The number of carbonyl (C=O) groups excluding carboxylic acids is 2. The molecule has 0 aliphatic heterocycles. The minimum Gasteiger partial charge on any atom is -0.459 e. The molecule has 140 valence electrons. The van der Waals surface area contributed by atoms with E-state index in [1.54, 1.807) is 43.3 Å². The normalized spacial score (nSPS) is 12.0. The molecule has 8 nitrogen and oxygen atoms in total. The lowest BCUT2D eigenvalue weighted by Gasteiger charge is -2.08. The summed E-state index contributed by atoms with van der Waals surface area (Å²) in [6, 6.07) is 9.68. The molecule has 2 amide bonds. The summed E-state index contributed by atoms with van der Waals surface area (Å²) in [6.45, 7) is 5.52. The summed E-state index contributed by atoms with van der Waals surface area (Å²) in [5.41, 5.74) is 1.15. The fraction of sp³-hybridized carbons (Fsp3) is 0.263. The molecule has 2 heterocycles. The first kappa shape index (κ1) is 18.4. The van der Waals surface area contributed by atoms with E-state index in [2.05, 4.69) is 20.8 Å². The van der Waals surface area contributed by atoms with Gasteiger partial charge in [-0.25, -0.2) is 0 Å². The number of amides is 2. The van der Waals surface area contributed by atoms with Crippen molar-refractivity contribution in [3.05, 3.63) is 59.9 Å². The van der Waals surface area contributed by atoms with Gasteiger partial charge in [-0.05, 0) is 45.0 Å². The lowest BCUT2D eigenvalue weighted by atomic mass is 10.1. The third-order valence-corrected chi connectivity index (χ3v) is 3.71. The molecular formula is C19H20N4O4. The van der Waals surface area contributed by atoms with Crippen LogP contribution >= 0.6 is 0 Å². The third kappa shape index (κ3) is 4.41. The molecule has 8 heteroatoms. The summed E-state index contributed by atoms with van der Waals surface area (Å²) >= 11 is 0. The maximum absolute atomic E-state index is 12.2. The van der Waals surface area contributed by atoms with Crippen LogP contribution in [0.1, 0.15) is 53.6 Å². The van der Waals surface area contributed by atoms with E-state index in [0.717, 1.165) is 0 Å². The molecule has 3 rings (SSSR count). The van der Waals surface area contributed by atoms with Gasteiger partial charge < -0.3 is 19.6 Å². The zero-order valence-corrected chi connectivity index (χ0v) is 15.2. The van der Waals surface area contributed by atoms with Crippen LogP contribution in [0.25, 0.3) is 11.4 Å². The van der Waals surface area contributed by atoms with Crippen LogP contribution in [-0.2, 0) is 0 Å². The van der Waals surface area contributed by atoms with Crippen molar-refractivity contribution in [3.8, 4) is 11.4 Å². The fourth-order valence-corrected chi connectivity index (χ4v) is 2.41. The van der Waals surface area contributed by atoms with Crippen molar-refractivity contribution >= 4 is 11.8 Å². The van der Waals surface area contributed by atoms with Gasteiger partial charge >= 0.3 is 0 Å². The molecule has 1 atom stereocenters. The van der Waals surface area contributed by atoms with Gasteiger partial charge in [0.15, 0.2) is 5.76 Å². The molecule has 2 N–H and O–H groups in total. The number of hydrogen-bond acceptors (Lipinski definition) is 6. The highest BCUT2D eigenvalue weighted by Gasteiger charge is 2.19. The van der Waals surface area contributed by atoms with E-state index in [4.69, 9.17) is 8.94 Å². The van der Waals surface area contributed by atoms with Crippen molar-refractivity contribution in [2.24, 2.45) is 0 Å². The van der Waals surface area contributed by atoms with Gasteiger partial charge in [-0.15, -0.1) is 0 Å². The van der Waals surface area contributed by atoms with Gasteiger partial charge in [0.25, 0.3) is 11.8 Å². The Bertz CT molecular complexity index is 931. The monoisotopic (exact) mass is 368 g/mol. The summed E-state index contributed by atoms with van der Waals surface area (Å²) in [7, 11) is 0. The van der Waals surface area contributed by atoms with Crippen LogP contribution in [0.15, 0.2) is 51.6 Å². The maximum Gasteiger partial charge on any atom is 0.287 e. The van der Waals surface area contributed by atoms with E-state index in [-0.39, 0.29) is 29.5 Å². The van der Waals surface area contributed by atoms with Crippen molar-refractivity contribution in [2.45, 2.75) is 32.9 Å². The van der Waals surface area contributed by atoms with Crippen molar-refractivity contribution in [1.82, 2.24) is 20.8 Å². The molecule has 2 aromatic heterocycles. The van der Waals surface area contributed by atoms with Crippen LogP contribution in [0, 0.1) is 0 Å². The predicted molar refractivity (Wildman–Crippen MR) is 96.9 cm³/mol. The van der Waals surface area contributed by atoms with E-state index >= 15 is 0 Å². The third-order valence-electron chi connectivity index (χ3n) is 3.71. The lowest BCUT2D eigenvalue weighted by Crippen LogP contribution is -2.30. The molecule has 0 radical (unpaired) electrons. The maximum atomic E-state index is 12.2. The number of nitrogens with one attached hydrogen (secondary N) is 2. The Morgan fingerprint density at radius 1 is 1.04 bits per heavy atom. The Morgan fingerprint density at radius 3 is 2.56 bits per heavy atom. The Hall–Kier alpha value is -3.42. The summed E-state index contributed by atoms with van der Waals surface area (Å²) in [4.78, 5) is 28.5. The molecule has 0 saturated heterocycles. The lowest BCUT2D eigenvalue weighted by molar-refractivity contribution is 0.0903. The van der Waals surface area contributed by atoms with Crippen LogP contribution in [-0.4, -0.2) is 28.0 Å². The Kier molecular flexibility index (Phi) is 5.35. The number of rotatable bonds is 6. The van der Waals surface area contributed by atoms with Crippen LogP contribution in [0.2, 0.25) is 0 Å². The van der Waals surface area contributed by atoms with Gasteiger partial charge in [0.2, 0.25) is 11.7 Å². The minimum absolute atomic E-state index is 0.0385.